The van der Waals surface area contributed by atoms with Crippen LogP contribution in [0, 0.1) is 5.92 Å². The third kappa shape index (κ3) is 3.60. The number of aromatic nitrogens is 2. The number of hydrogen-bond donors (Lipinski definition) is 1. The van der Waals surface area contributed by atoms with E-state index in [1.807, 2.05) is 30.3 Å². The van der Waals surface area contributed by atoms with Gasteiger partial charge in [-0.15, -0.1) is 0 Å². The maximum atomic E-state index is 10.4. The first kappa shape index (κ1) is 16.3. The Labute approximate surface area is 147 Å². The number of nitrogens with zero attached hydrogens (tertiary/aromatic N) is 3. The van der Waals surface area contributed by atoms with Gasteiger partial charge in [-0.05, 0) is 31.4 Å². The molecule has 1 aromatic heterocycles. The number of aliphatic hydroxyl groups excluding tert-OH is 1. The average molecular weight is 341 g/mol. The molecule has 6 nitrogen and oxygen atoms in total. The summed E-state index contributed by atoms with van der Waals surface area (Å²) in [6.07, 6.45) is 4.21. The molecule has 3 heterocycles. The van der Waals surface area contributed by atoms with E-state index >= 15 is 0 Å². The van der Waals surface area contributed by atoms with E-state index in [4.69, 9.17) is 9.47 Å². The van der Waals surface area contributed by atoms with Crippen LogP contribution in [0.3, 0.4) is 0 Å². The summed E-state index contributed by atoms with van der Waals surface area (Å²) in [6.45, 7) is 2.13. The monoisotopic (exact) mass is 341 g/mol. The molecule has 0 amide bonds. The summed E-state index contributed by atoms with van der Waals surface area (Å²) in [7, 11) is 0. The van der Waals surface area contributed by atoms with E-state index < -0.39 is 0 Å². The van der Waals surface area contributed by atoms with Crippen LogP contribution < -0.4 is 9.64 Å². The molecular formula is C19H23N3O3. The van der Waals surface area contributed by atoms with E-state index in [0.717, 1.165) is 25.1 Å². The lowest BCUT2D eigenvalue weighted by Crippen LogP contribution is -2.46. The number of anilines is 1. The lowest BCUT2D eigenvalue weighted by atomic mass is 9.89. The molecule has 0 unspecified atom stereocenters. The second-order valence-corrected chi connectivity index (χ2v) is 6.61. The number of hydrogen-bond acceptors (Lipinski definition) is 6. The van der Waals surface area contributed by atoms with Crippen LogP contribution >= 0.6 is 0 Å². The fourth-order valence-corrected chi connectivity index (χ4v) is 3.74. The Balaban J connectivity index is 1.53. The predicted molar refractivity (Wildman–Crippen MR) is 93.8 cm³/mol. The molecule has 0 aliphatic carbocycles. The Morgan fingerprint density at radius 1 is 1.16 bits per heavy atom. The Kier molecular flexibility index (Phi) is 4.81. The number of rotatable bonds is 4. The molecule has 25 heavy (non-hydrogen) atoms. The standard InChI is InChI=1S/C19H23N3O3/c23-17-9-12-24-13-15(17)16-7-4-11-22(16)19-20-10-8-18(21-19)25-14-5-2-1-3-6-14/h1-3,5-6,8,10,15-17,23H,4,7,9,11-13H2/t15-,16+,17+/m0/s1. The zero-order chi connectivity index (χ0) is 17.1. The van der Waals surface area contributed by atoms with E-state index in [-0.39, 0.29) is 18.1 Å². The average Bonchev–Trinajstić information content (AvgIpc) is 3.13. The van der Waals surface area contributed by atoms with Gasteiger partial charge in [-0.1, -0.05) is 18.2 Å². The summed E-state index contributed by atoms with van der Waals surface area (Å²) >= 11 is 0. The maximum absolute atomic E-state index is 10.4. The Bertz CT molecular complexity index is 697. The minimum atomic E-state index is -0.317. The molecule has 0 saturated carbocycles. The Morgan fingerprint density at radius 3 is 2.88 bits per heavy atom. The maximum Gasteiger partial charge on any atom is 0.228 e. The van der Waals surface area contributed by atoms with Crippen LogP contribution in [0.15, 0.2) is 42.6 Å². The summed E-state index contributed by atoms with van der Waals surface area (Å²) in [4.78, 5) is 11.2. The van der Waals surface area contributed by atoms with Crippen molar-refractivity contribution < 1.29 is 14.6 Å². The van der Waals surface area contributed by atoms with Gasteiger partial charge in [0, 0.05) is 37.4 Å². The first-order chi connectivity index (χ1) is 12.3. The fraction of sp³-hybridized carbons (Fsp3) is 0.474. The second kappa shape index (κ2) is 7.37. The van der Waals surface area contributed by atoms with Crippen molar-refractivity contribution in [2.75, 3.05) is 24.7 Å². The molecule has 1 aromatic carbocycles. The Hall–Kier alpha value is -2.18. The van der Waals surface area contributed by atoms with Crippen molar-refractivity contribution in [3.63, 3.8) is 0 Å². The zero-order valence-electron chi connectivity index (χ0n) is 14.1. The largest absolute Gasteiger partial charge is 0.439 e. The highest BCUT2D eigenvalue weighted by Gasteiger charge is 2.38. The van der Waals surface area contributed by atoms with E-state index in [9.17, 15) is 5.11 Å². The minimum absolute atomic E-state index is 0.110. The smallest absolute Gasteiger partial charge is 0.228 e. The van der Waals surface area contributed by atoms with Gasteiger partial charge in [0.2, 0.25) is 11.8 Å². The second-order valence-electron chi connectivity index (χ2n) is 6.61. The van der Waals surface area contributed by atoms with E-state index in [1.165, 1.54) is 0 Å². The molecule has 0 spiro atoms. The van der Waals surface area contributed by atoms with Gasteiger partial charge < -0.3 is 19.5 Å². The molecule has 4 rings (SSSR count). The molecule has 132 valence electrons. The molecule has 0 bridgehead atoms. The number of aliphatic hydroxyl groups is 1. The summed E-state index contributed by atoms with van der Waals surface area (Å²) in [5.74, 6) is 2.05. The van der Waals surface area contributed by atoms with Crippen LogP contribution in [0.4, 0.5) is 5.95 Å². The van der Waals surface area contributed by atoms with E-state index in [1.54, 1.807) is 12.3 Å². The van der Waals surface area contributed by atoms with Gasteiger partial charge in [0.15, 0.2) is 0 Å². The van der Waals surface area contributed by atoms with Gasteiger partial charge in [0.1, 0.15) is 5.75 Å². The summed E-state index contributed by atoms with van der Waals surface area (Å²) < 4.78 is 11.4. The topological polar surface area (TPSA) is 67.7 Å². The van der Waals surface area contributed by atoms with Crippen LogP contribution in [0.1, 0.15) is 19.3 Å². The van der Waals surface area contributed by atoms with Crippen molar-refractivity contribution in [1.29, 1.82) is 0 Å². The number of benzene rings is 1. The normalized spacial score (nSPS) is 26.6. The molecule has 6 heteroatoms. The minimum Gasteiger partial charge on any atom is -0.439 e. The molecule has 3 atom stereocenters. The molecule has 0 radical (unpaired) electrons. The van der Waals surface area contributed by atoms with Crippen LogP contribution in [-0.2, 0) is 4.74 Å². The molecule has 1 N–H and O–H groups in total. The first-order valence-corrected chi connectivity index (χ1v) is 8.89. The highest BCUT2D eigenvalue weighted by molar-refractivity contribution is 5.37. The van der Waals surface area contributed by atoms with E-state index in [2.05, 4.69) is 14.9 Å². The third-order valence-corrected chi connectivity index (χ3v) is 5.00. The van der Waals surface area contributed by atoms with Crippen LogP contribution in [-0.4, -0.2) is 47.0 Å². The first-order valence-electron chi connectivity index (χ1n) is 8.89. The van der Waals surface area contributed by atoms with Gasteiger partial charge in [-0.25, -0.2) is 4.98 Å². The van der Waals surface area contributed by atoms with Crippen molar-refractivity contribution in [2.24, 2.45) is 5.92 Å². The van der Waals surface area contributed by atoms with Crippen molar-refractivity contribution >= 4 is 5.95 Å². The molecule has 2 aromatic rings. The molecule has 2 aliphatic heterocycles. The number of ether oxygens (including phenoxy) is 2. The van der Waals surface area contributed by atoms with Gasteiger partial charge in [-0.3, -0.25) is 0 Å². The van der Waals surface area contributed by atoms with Crippen LogP contribution in [0.5, 0.6) is 11.6 Å². The van der Waals surface area contributed by atoms with Crippen LogP contribution in [0.2, 0.25) is 0 Å². The highest BCUT2D eigenvalue weighted by atomic mass is 16.5. The van der Waals surface area contributed by atoms with Crippen molar-refractivity contribution in [3.8, 4) is 11.6 Å². The SMILES string of the molecule is O[C@@H]1CCOC[C@H]1[C@H]1CCCN1c1nccc(Oc2ccccc2)n1. The zero-order valence-corrected chi connectivity index (χ0v) is 14.1. The molecule has 2 fully saturated rings. The lowest BCUT2D eigenvalue weighted by molar-refractivity contribution is -0.0438. The van der Waals surface area contributed by atoms with Crippen LogP contribution in [0.25, 0.3) is 0 Å². The van der Waals surface area contributed by atoms with Gasteiger partial charge in [0.05, 0.1) is 12.7 Å². The summed E-state index contributed by atoms with van der Waals surface area (Å²) in [5, 5.41) is 10.4. The predicted octanol–water partition coefficient (Wildman–Crippen LogP) is 2.64. The van der Waals surface area contributed by atoms with Crippen molar-refractivity contribution in [1.82, 2.24) is 9.97 Å². The van der Waals surface area contributed by atoms with Crippen molar-refractivity contribution in [3.05, 3.63) is 42.6 Å². The number of para-hydroxylation sites is 1. The Morgan fingerprint density at radius 2 is 2.04 bits per heavy atom. The molecular weight excluding hydrogens is 318 g/mol. The summed E-state index contributed by atoms with van der Waals surface area (Å²) in [6, 6.07) is 11.6. The quantitative estimate of drug-likeness (QED) is 0.922. The molecule has 2 aliphatic rings. The lowest BCUT2D eigenvalue weighted by Gasteiger charge is -2.36. The van der Waals surface area contributed by atoms with E-state index in [0.29, 0.717) is 31.5 Å². The van der Waals surface area contributed by atoms with Gasteiger partial charge in [0.25, 0.3) is 0 Å². The highest BCUT2D eigenvalue weighted by Crippen LogP contribution is 2.32. The fourth-order valence-electron chi connectivity index (χ4n) is 3.74. The van der Waals surface area contributed by atoms with Gasteiger partial charge >= 0.3 is 0 Å². The van der Waals surface area contributed by atoms with Gasteiger partial charge in [-0.2, -0.15) is 4.98 Å². The third-order valence-electron chi connectivity index (χ3n) is 5.00. The summed E-state index contributed by atoms with van der Waals surface area (Å²) in [5.41, 5.74) is 0. The van der Waals surface area contributed by atoms with Crippen molar-refractivity contribution in [2.45, 2.75) is 31.4 Å². The molecule has 2 saturated heterocycles.